The molecule has 2 N–H and O–H groups in total. The van der Waals surface area contributed by atoms with Gasteiger partial charge < -0.3 is 10.6 Å². The molecule has 0 atom stereocenters. The van der Waals surface area contributed by atoms with Gasteiger partial charge in [-0.2, -0.15) is 5.26 Å². The fourth-order valence-electron chi connectivity index (χ4n) is 2.78. The summed E-state index contributed by atoms with van der Waals surface area (Å²) in [4.78, 5) is 4.96. The predicted octanol–water partition coefficient (Wildman–Crippen LogP) is 0.397. The van der Waals surface area contributed by atoms with Gasteiger partial charge in [0.1, 0.15) is 5.54 Å². The number of nitriles is 1. The Bertz CT molecular complexity index is 267. The van der Waals surface area contributed by atoms with Crippen LogP contribution in [0.4, 0.5) is 0 Å². The molecule has 1 heterocycles. The number of likely N-dealkylation sites (N-methyl/N-ethyl adjacent to an activating group) is 1. The Hall–Kier alpha value is -0.630. The molecule has 0 aromatic rings. The summed E-state index contributed by atoms with van der Waals surface area (Å²) < 4.78 is 0. The van der Waals surface area contributed by atoms with Crippen LogP contribution in [0, 0.1) is 11.3 Å². The van der Waals surface area contributed by atoms with Gasteiger partial charge in [-0.15, -0.1) is 0 Å². The van der Waals surface area contributed by atoms with E-state index < -0.39 is 5.54 Å². The lowest BCUT2D eigenvalue weighted by molar-refractivity contribution is 0.0825. The Morgan fingerprint density at radius 3 is 2.25 bits per heavy atom. The van der Waals surface area contributed by atoms with E-state index in [1.807, 2.05) is 0 Å². The third kappa shape index (κ3) is 2.54. The van der Waals surface area contributed by atoms with Crippen LogP contribution in [0.15, 0.2) is 0 Å². The second kappa shape index (κ2) is 4.70. The molecular formula is C12H22N4. The molecular weight excluding hydrogens is 200 g/mol. The lowest BCUT2D eigenvalue weighted by atomic mass is 9.80. The third-order valence-corrected chi connectivity index (χ3v) is 4.12. The number of nitrogens with zero attached hydrogens (tertiary/aromatic N) is 3. The summed E-state index contributed by atoms with van der Waals surface area (Å²) in [5.41, 5.74) is 5.45. The Balaban J connectivity index is 1.83. The van der Waals surface area contributed by atoms with Crippen molar-refractivity contribution in [1.82, 2.24) is 9.80 Å². The first-order chi connectivity index (χ1) is 7.63. The van der Waals surface area contributed by atoms with E-state index in [0.717, 1.165) is 25.7 Å². The zero-order valence-corrected chi connectivity index (χ0v) is 10.2. The van der Waals surface area contributed by atoms with Gasteiger partial charge in [-0.05, 0) is 32.7 Å². The topological polar surface area (TPSA) is 56.3 Å². The molecule has 0 bridgehead atoms. The molecule has 1 aliphatic carbocycles. The molecule has 4 heteroatoms. The van der Waals surface area contributed by atoms with Gasteiger partial charge in [-0.25, -0.2) is 0 Å². The molecule has 0 spiro atoms. The standard InChI is InChI=1S/C12H22N4/c1-15-6-8-16(9-7-15)11-2-4-12(14,10-13)5-3-11/h11H,2-9,14H2,1H3. The fourth-order valence-corrected chi connectivity index (χ4v) is 2.78. The number of hydrogen-bond acceptors (Lipinski definition) is 4. The number of nitrogens with two attached hydrogens (primary N) is 1. The predicted molar refractivity (Wildman–Crippen MR) is 63.9 cm³/mol. The molecule has 2 fully saturated rings. The maximum atomic E-state index is 8.99. The minimum atomic E-state index is -0.539. The van der Waals surface area contributed by atoms with Gasteiger partial charge in [0.05, 0.1) is 6.07 Å². The molecule has 0 amide bonds. The molecule has 2 aliphatic rings. The van der Waals surface area contributed by atoms with Crippen molar-refractivity contribution in [2.45, 2.75) is 37.3 Å². The lowest BCUT2D eigenvalue weighted by Gasteiger charge is -2.42. The molecule has 4 nitrogen and oxygen atoms in total. The van der Waals surface area contributed by atoms with Crippen LogP contribution >= 0.6 is 0 Å². The van der Waals surface area contributed by atoms with Crippen molar-refractivity contribution < 1.29 is 0 Å². The van der Waals surface area contributed by atoms with Crippen molar-refractivity contribution >= 4 is 0 Å². The van der Waals surface area contributed by atoms with Gasteiger partial charge in [-0.1, -0.05) is 0 Å². The van der Waals surface area contributed by atoms with Crippen molar-refractivity contribution in [3.8, 4) is 6.07 Å². The first kappa shape index (κ1) is 11.8. The van der Waals surface area contributed by atoms with E-state index in [-0.39, 0.29) is 0 Å². The quantitative estimate of drug-likeness (QED) is 0.697. The van der Waals surface area contributed by atoms with Crippen LogP contribution in [0.1, 0.15) is 25.7 Å². The average molecular weight is 222 g/mol. The molecule has 1 saturated carbocycles. The highest BCUT2D eigenvalue weighted by molar-refractivity contribution is 5.07. The highest BCUT2D eigenvalue weighted by Crippen LogP contribution is 2.29. The lowest BCUT2D eigenvalue weighted by Crippen LogP contribution is -2.52. The van der Waals surface area contributed by atoms with E-state index in [2.05, 4.69) is 22.9 Å². The van der Waals surface area contributed by atoms with Crippen molar-refractivity contribution in [3.05, 3.63) is 0 Å². The van der Waals surface area contributed by atoms with E-state index in [1.54, 1.807) is 0 Å². The summed E-state index contributed by atoms with van der Waals surface area (Å²) in [5.74, 6) is 0. The molecule has 0 radical (unpaired) electrons. The maximum absolute atomic E-state index is 8.99. The van der Waals surface area contributed by atoms with Crippen LogP contribution in [0.2, 0.25) is 0 Å². The second-order valence-electron chi connectivity index (χ2n) is 5.34. The Morgan fingerprint density at radius 2 is 1.75 bits per heavy atom. The minimum absolute atomic E-state index is 0.539. The monoisotopic (exact) mass is 222 g/mol. The summed E-state index contributed by atoms with van der Waals surface area (Å²) in [5, 5.41) is 8.99. The number of hydrogen-bond donors (Lipinski definition) is 1. The Kier molecular flexibility index (Phi) is 3.48. The van der Waals surface area contributed by atoms with E-state index in [4.69, 9.17) is 11.0 Å². The first-order valence-electron chi connectivity index (χ1n) is 6.26. The molecule has 16 heavy (non-hydrogen) atoms. The number of piperazine rings is 1. The van der Waals surface area contributed by atoms with E-state index in [1.165, 1.54) is 26.2 Å². The van der Waals surface area contributed by atoms with Crippen LogP contribution in [0.3, 0.4) is 0 Å². The summed E-state index contributed by atoms with van der Waals surface area (Å²) in [6, 6.07) is 2.93. The zero-order valence-electron chi connectivity index (χ0n) is 10.2. The average Bonchev–Trinajstić information content (AvgIpc) is 2.32. The zero-order chi connectivity index (χ0) is 11.6. The van der Waals surface area contributed by atoms with Gasteiger partial charge in [0.25, 0.3) is 0 Å². The number of rotatable bonds is 1. The SMILES string of the molecule is CN1CCN(C2CCC(N)(C#N)CC2)CC1. The summed E-state index contributed by atoms with van der Waals surface area (Å²) in [6.45, 7) is 4.68. The van der Waals surface area contributed by atoms with Crippen molar-refractivity contribution in [1.29, 1.82) is 5.26 Å². The smallest absolute Gasteiger partial charge is 0.104 e. The van der Waals surface area contributed by atoms with Gasteiger partial charge in [0.2, 0.25) is 0 Å². The summed E-state index contributed by atoms with van der Waals surface area (Å²) in [7, 11) is 2.18. The van der Waals surface area contributed by atoms with E-state index in [0.29, 0.717) is 6.04 Å². The Labute approximate surface area is 98.0 Å². The highest BCUT2D eigenvalue weighted by Gasteiger charge is 2.34. The Morgan fingerprint density at radius 1 is 1.19 bits per heavy atom. The molecule has 1 saturated heterocycles. The van der Waals surface area contributed by atoms with Crippen LogP contribution in [-0.2, 0) is 0 Å². The second-order valence-corrected chi connectivity index (χ2v) is 5.34. The van der Waals surface area contributed by atoms with Crippen LogP contribution < -0.4 is 5.73 Å². The van der Waals surface area contributed by atoms with Gasteiger partial charge in [0.15, 0.2) is 0 Å². The molecule has 0 aromatic carbocycles. The first-order valence-corrected chi connectivity index (χ1v) is 6.26. The van der Waals surface area contributed by atoms with E-state index >= 15 is 0 Å². The summed E-state index contributed by atoms with van der Waals surface area (Å²) >= 11 is 0. The largest absolute Gasteiger partial charge is 0.313 e. The molecule has 0 unspecified atom stereocenters. The van der Waals surface area contributed by atoms with Crippen molar-refractivity contribution in [2.24, 2.45) is 5.73 Å². The van der Waals surface area contributed by atoms with Crippen LogP contribution in [-0.4, -0.2) is 54.6 Å². The molecule has 0 aromatic heterocycles. The van der Waals surface area contributed by atoms with E-state index in [9.17, 15) is 0 Å². The van der Waals surface area contributed by atoms with Crippen LogP contribution in [0.5, 0.6) is 0 Å². The summed E-state index contributed by atoms with van der Waals surface area (Å²) in [6.07, 6.45) is 3.91. The van der Waals surface area contributed by atoms with Crippen molar-refractivity contribution in [2.75, 3.05) is 33.2 Å². The molecule has 2 rings (SSSR count). The van der Waals surface area contributed by atoms with Gasteiger partial charge in [-0.3, -0.25) is 4.90 Å². The molecule has 90 valence electrons. The van der Waals surface area contributed by atoms with Crippen molar-refractivity contribution in [3.63, 3.8) is 0 Å². The normalized spacial score (nSPS) is 38.2. The van der Waals surface area contributed by atoms with Gasteiger partial charge in [0, 0.05) is 32.2 Å². The van der Waals surface area contributed by atoms with Gasteiger partial charge >= 0.3 is 0 Å². The van der Waals surface area contributed by atoms with Crippen LogP contribution in [0.25, 0.3) is 0 Å². The highest BCUT2D eigenvalue weighted by atomic mass is 15.3. The molecule has 1 aliphatic heterocycles. The maximum Gasteiger partial charge on any atom is 0.104 e. The third-order valence-electron chi connectivity index (χ3n) is 4.12. The fraction of sp³-hybridized carbons (Fsp3) is 0.917. The minimum Gasteiger partial charge on any atom is -0.313 e.